The van der Waals surface area contributed by atoms with Crippen molar-refractivity contribution in [1.82, 2.24) is 4.57 Å². The first-order chi connectivity index (χ1) is 9.01. The number of aromatic nitrogens is 1. The molecule has 102 valence electrons. The normalized spacial score (nSPS) is 11.2. The van der Waals surface area contributed by atoms with Crippen LogP contribution in [-0.2, 0) is 19.9 Å². The van der Waals surface area contributed by atoms with E-state index in [9.17, 15) is 9.90 Å². The van der Waals surface area contributed by atoms with Gasteiger partial charge in [-0.2, -0.15) is 0 Å². The van der Waals surface area contributed by atoms with Gasteiger partial charge in [-0.15, -0.1) is 0 Å². The molecule has 0 unspecified atom stereocenters. The molecule has 0 fully saturated rings. The topological polar surface area (TPSA) is 68.2 Å². The zero-order valence-electron chi connectivity index (χ0n) is 11.7. The van der Waals surface area contributed by atoms with E-state index in [2.05, 4.69) is 6.07 Å². The highest BCUT2D eigenvalue weighted by atomic mass is 16.4. The van der Waals surface area contributed by atoms with Crippen molar-refractivity contribution < 1.29 is 9.90 Å². The molecule has 0 amide bonds. The average molecular weight is 260 g/mol. The number of benzene rings is 1. The Morgan fingerprint density at radius 1 is 1.42 bits per heavy atom. The molecule has 19 heavy (non-hydrogen) atoms. The summed E-state index contributed by atoms with van der Waals surface area (Å²) in [6, 6.07) is 3.87. The summed E-state index contributed by atoms with van der Waals surface area (Å²) >= 11 is 0. The van der Waals surface area contributed by atoms with E-state index in [1.807, 2.05) is 25.5 Å². The van der Waals surface area contributed by atoms with Crippen LogP contribution in [0.2, 0.25) is 0 Å². The van der Waals surface area contributed by atoms with Crippen LogP contribution in [0.25, 0.3) is 10.9 Å². The van der Waals surface area contributed by atoms with Gasteiger partial charge in [0.2, 0.25) is 0 Å². The number of hydrogen-bond donors (Lipinski definition) is 2. The van der Waals surface area contributed by atoms with Crippen molar-refractivity contribution in [3.63, 3.8) is 0 Å². The maximum Gasteiger partial charge on any atom is 0.337 e. The van der Waals surface area contributed by atoms with Crippen LogP contribution in [0.3, 0.4) is 0 Å². The van der Waals surface area contributed by atoms with Crippen LogP contribution >= 0.6 is 0 Å². The van der Waals surface area contributed by atoms with E-state index in [0.29, 0.717) is 12.1 Å². The molecule has 1 heterocycles. The smallest absolute Gasteiger partial charge is 0.337 e. The van der Waals surface area contributed by atoms with Gasteiger partial charge in [0.1, 0.15) is 0 Å². The number of aryl methyl sites for hydroxylation is 2. The monoisotopic (exact) mass is 260 g/mol. The minimum absolute atomic E-state index is 0.378. The number of aromatic carboxylic acids is 1. The SMILES string of the molecule is CCc1cc(C(=O)O)c2c(c1)c(CCN)c(C)n2C. The summed E-state index contributed by atoms with van der Waals surface area (Å²) in [6.07, 6.45) is 1.60. The summed E-state index contributed by atoms with van der Waals surface area (Å²) < 4.78 is 1.96. The third-order valence-electron chi connectivity index (χ3n) is 3.80. The van der Waals surface area contributed by atoms with Crippen LogP contribution in [0.4, 0.5) is 0 Å². The molecule has 2 aromatic rings. The van der Waals surface area contributed by atoms with Gasteiger partial charge in [0, 0.05) is 18.1 Å². The second-order valence-corrected chi connectivity index (χ2v) is 4.86. The Morgan fingerprint density at radius 2 is 2.11 bits per heavy atom. The quantitative estimate of drug-likeness (QED) is 0.886. The molecule has 0 aliphatic carbocycles. The van der Waals surface area contributed by atoms with Crippen LogP contribution in [0.15, 0.2) is 12.1 Å². The van der Waals surface area contributed by atoms with Gasteiger partial charge in [0.05, 0.1) is 11.1 Å². The minimum Gasteiger partial charge on any atom is -0.478 e. The van der Waals surface area contributed by atoms with Crippen LogP contribution in [-0.4, -0.2) is 22.2 Å². The summed E-state index contributed by atoms with van der Waals surface area (Å²) in [5.41, 5.74) is 10.2. The standard InChI is InChI=1S/C15H20N2O2/c1-4-10-7-12-11(5-6-16)9(2)17(3)14(12)13(8-10)15(18)19/h7-8H,4-6,16H2,1-3H3,(H,18,19). The predicted molar refractivity (Wildman–Crippen MR) is 76.8 cm³/mol. The first-order valence-corrected chi connectivity index (χ1v) is 6.55. The van der Waals surface area contributed by atoms with Crippen LogP contribution in [0.5, 0.6) is 0 Å². The van der Waals surface area contributed by atoms with Crippen LogP contribution in [0.1, 0.15) is 34.1 Å². The van der Waals surface area contributed by atoms with Crippen molar-refractivity contribution in [3.8, 4) is 0 Å². The summed E-state index contributed by atoms with van der Waals surface area (Å²) in [7, 11) is 1.91. The van der Waals surface area contributed by atoms with E-state index in [0.717, 1.165) is 40.6 Å². The lowest BCUT2D eigenvalue weighted by molar-refractivity contribution is 0.0698. The molecule has 0 aliphatic heterocycles. The highest BCUT2D eigenvalue weighted by molar-refractivity contribution is 6.04. The summed E-state index contributed by atoms with van der Waals surface area (Å²) in [5, 5.41) is 10.4. The number of rotatable bonds is 4. The number of carbonyl (C=O) groups is 1. The second kappa shape index (κ2) is 5.05. The zero-order chi connectivity index (χ0) is 14.2. The predicted octanol–water partition coefficient (Wildman–Crippen LogP) is 2.25. The number of nitrogens with zero attached hydrogens (tertiary/aromatic N) is 1. The Balaban J connectivity index is 2.88. The van der Waals surface area contributed by atoms with E-state index < -0.39 is 5.97 Å². The molecule has 0 saturated carbocycles. The van der Waals surface area contributed by atoms with Crippen molar-refractivity contribution in [2.45, 2.75) is 26.7 Å². The lowest BCUT2D eigenvalue weighted by Crippen LogP contribution is -2.04. The van der Waals surface area contributed by atoms with E-state index in [1.54, 1.807) is 6.07 Å². The van der Waals surface area contributed by atoms with Gasteiger partial charge in [0.15, 0.2) is 0 Å². The molecule has 0 aliphatic rings. The van der Waals surface area contributed by atoms with Crippen LogP contribution < -0.4 is 5.73 Å². The van der Waals surface area contributed by atoms with Crippen molar-refractivity contribution in [2.75, 3.05) is 6.54 Å². The zero-order valence-corrected chi connectivity index (χ0v) is 11.7. The Labute approximate surface area is 112 Å². The van der Waals surface area contributed by atoms with Gasteiger partial charge in [-0.1, -0.05) is 6.92 Å². The van der Waals surface area contributed by atoms with Crippen molar-refractivity contribution >= 4 is 16.9 Å². The number of nitrogens with two attached hydrogens (primary N) is 1. The first kappa shape index (κ1) is 13.6. The molecule has 0 bridgehead atoms. The third-order valence-corrected chi connectivity index (χ3v) is 3.80. The Morgan fingerprint density at radius 3 is 2.63 bits per heavy atom. The molecule has 0 spiro atoms. The summed E-state index contributed by atoms with van der Waals surface area (Å²) in [5.74, 6) is -0.875. The first-order valence-electron chi connectivity index (χ1n) is 6.55. The van der Waals surface area contributed by atoms with Crippen molar-refractivity contribution in [2.24, 2.45) is 12.8 Å². The van der Waals surface area contributed by atoms with Gasteiger partial charge in [-0.3, -0.25) is 0 Å². The Bertz CT molecular complexity index is 641. The third kappa shape index (κ3) is 2.12. The summed E-state index contributed by atoms with van der Waals surface area (Å²) in [4.78, 5) is 11.5. The molecule has 0 saturated heterocycles. The fourth-order valence-electron chi connectivity index (χ4n) is 2.68. The van der Waals surface area contributed by atoms with Crippen molar-refractivity contribution in [1.29, 1.82) is 0 Å². The number of carboxylic acid groups (broad SMARTS) is 1. The largest absolute Gasteiger partial charge is 0.478 e. The maximum absolute atomic E-state index is 11.5. The Hall–Kier alpha value is -1.81. The Kier molecular flexibility index (Phi) is 3.62. The fraction of sp³-hybridized carbons (Fsp3) is 0.400. The van der Waals surface area contributed by atoms with Gasteiger partial charge >= 0.3 is 5.97 Å². The van der Waals surface area contributed by atoms with E-state index in [4.69, 9.17) is 5.73 Å². The van der Waals surface area contributed by atoms with Gasteiger partial charge < -0.3 is 15.4 Å². The molecular weight excluding hydrogens is 240 g/mol. The molecule has 3 N–H and O–H groups in total. The molecule has 0 atom stereocenters. The summed E-state index contributed by atoms with van der Waals surface area (Å²) in [6.45, 7) is 4.62. The molecule has 1 aromatic carbocycles. The highest BCUT2D eigenvalue weighted by Gasteiger charge is 2.18. The molecular formula is C15H20N2O2. The minimum atomic E-state index is -0.875. The lowest BCUT2D eigenvalue weighted by Gasteiger charge is -2.06. The number of carboxylic acids is 1. The van der Waals surface area contributed by atoms with Gasteiger partial charge in [-0.05, 0) is 49.6 Å². The van der Waals surface area contributed by atoms with E-state index >= 15 is 0 Å². The highest BCUT2D eigenvalue weighted by Crippen LogP contribution is 2.29. The fourth-order valence-corrected chi connectivity index (χ4v) is 2.68. The second-order valence-electron chi connectivity index (χ2n) is 4.86. The average Bonchev–Trinajstić information content (AvgIpc) is 2.63. The molecule has 0 radical (unpaired) electrons. The molecule has 1 aromatic heterocycles. The van der Waals surface area contributed by atoms with Gasteiger partial charge in [0.25, 0.3) is 0 Å². The maximum atomic E-state index is 11.5. The molecule has 4 heteroatoms. The lowest BCUT2D eigenvalue weighted by atomic mass is 10.0. The van der Waals surface area contributed by atoms with Gasteiger partial charge in [-0.25, -0.2) is 4.79 Å². The van der Waals surface area contributed by atoms with Crippen LogP contribution in [0, 0.1) is 6.92 Å². The number of hydrogen-bond acceptors (Lipinski definition) is 2. The molecule has 4 nitrogen and oxygen atoms in total. The van der Waals surface area contributed by atoms with E-state index in [-0.39, 0.29) is 0 Å². The van der Waals surface area contributed by atoms with Crippen molar-refractivity contribution in [3.05, 3.63) is 34.5 Å². The van der Waals surface area contributed by atoms with E-state index in [1.165, 1.54) is 0 Å². The number of fused-ring (bicyclic) bond motifs is 1. The molecule has 2 rings (SSSR count).